The molecule has 2 amide bonds. The Balaban J connectivity index is 1.76. The van der Waals surface area contributed by atoms with Crippen LogP contribution in [0.25, 0.3) is 0 Å². The number of imide groups is 1. The molecule has 2 bridgehead atoms. The number of hydrogen-bond donors (Lipinski definition) is 1. The SMILES string of the molecule is C[C@@](CO)(c1ccccc1)N1C(=O)[C@@H]2C3CCC(O3)[C@@H]2C1=O. The van der Waals surface area contributed by atoms with Crippen molar-refractivity contribution in [2.75, 3.05) is 6.61 Å². The molecule has 0 radical (unpaired) electrons. The van der Waals surface area contributed by atoms with Gasteiger partial charge in [0.15, 0.2) is 0 Å². The summed E-state index contributed by atoms with van der Waals surface area (Å²) in [4.78, 5) is 27.1. The minimum Gasteiger partial charge on any atom is -0.394 e. The summed E-state index contributed by atoms with van der Waals surface area (Å²) < 4.78 is 5.75. The van der Waals surface area contributed by atoms with E-state index in [-0.39, 0.29) is 42.5 Å². The first-order chi connectivity index (χ1) is 10.6. The third-order valence-corrected chi connectivity index (χ3v) is 5.48. The van der Waals surface area contributed by atoms with E-state index in [1.54, 1.807) is 6.92 Å². The van der Waals surface area contributed by atoms with Gasteiger partial charge >= 0.3 is 0 Å². The first-order valence-electron chi connectivity index (χ1n) is 7.77. The number of ether oxygens (including phenoxy) is 1. The molecule has 5 heteroatoms. The summed E-state index contributed by atoms with van der Waals surface area (Å²) in [6.07, 6.45) is 1.44. The first-order valence-corrected chi connectivity index (χ1v) is 7.77. The molecular weight excluding hydrogens is 282 g/mol. The molecule has 0 saturated carbocycles. The fraction of sp³-hybridized carbons (Fsp3) is 0.529. The van der Waals surface area contributed by atoms with Crippen LogP contribution in [0.3, 0.4) is 0 Å². The standard InChI is InChI=1S/C17H19NO4/c1-17(9-19,10-5-3-2-4-6-10)18-15(20)13-11-7-8-12(22-11)14(13)16(18)21/h2-6,11-14,19H,7-9H2,1H3/t11?,12?,13-,14+,17-/m1/s1. The predicted molar refractivity (Wildman–Crippen MR) is 77.6 cm³/mol. The molecule has 0 aromatic heterocycles. The molecule has 3 heterocycles. The zero-order chi connectivity index (χ0) is 15.5. The number of aliphatic hydroxyl groups is 1. The second-order valence-corrected chi connectivity index (χ2v) is 6.65. The number of hydrogen-bond acceptors (Lipinski definition) is 4. The summed E-state index contributed by atoms with van der Waals surface area (Å²) in [5.74, 6) is -1.10. The Morgan fingerprint density at radius 3 is 2.18 bits per heavy atom. The zero-order valence-electron chi connectivity index (χ0n) is 12.4. The van der Waals surface area contributed by atoms with Crippen LogP contribution in [0.1, 0.15) is 25.3 Å². The minimum atomic E-state index is -1.01. The Labute approximate surface area is 128 Å². The molecule has 3 saturated heterocycles. The van der Waals surface area contributed by atoms with Gasteiger partial charge in [-0.05, 0) is 25.3 Å². The summed E-state index contributed by atoms with van der Waals surface area (Å²) in [7, 11) is 0. The average Bonchev–Trinajstić information content (AvgIpc) is 3.22. The van der Waals surface area contributed by atoms with Gasteiger partial charge in [-0.25, -0.2) is 0 Å². The van der Waals surface area contributed by atoms with Gasteiger partial charge in [-0.2, -0.15) is 0 Å². The van der Waals surface area contributed by atoms with Gasteiger partial charge in [0.2, 0.25) is 11.8 Å². The van der Waals surface area contributed by atoms with Gasteiger partial charge in [0.1, 0.15) is 0 Å². The molecular formula is C17H19NO4. The van der Waals surface area contributed by atoms with Gasteiger partial charge in [0.05, 0.1) is 36.2 Å². The second kappa shape index (κ2) is 4.64. The van der Waals surface area contributed by atoms with Crippen molar-refractivity contribution in [2.24, 2.45) is 11.8 Å². The molecule has 0 spiro atoms. The Morgan fingerprint density at radius 1 is 1.14 bits per heavy atom. The highest BCUT2D eigenvalue weighted by Crippen LogP contribution is 2.51. The molecule has 116 valence electrons. The van der Waals surface area contributed by atoms with E-state index < -0.39 is 5.54 Å². The molecule has 1 aromatic carbocycles. The lowest BCUT2D eigenvalue weighted by atomic mass is 9.81. The van der Waals surface area contributed by atoms with Crippen LogP contribution in [-0.4, -0.2) is 40.6 Å². The number of likely N-dealkylation sites (tertiary alicyclic amines) is 1. The molecule has 3 aliphatic rings. The van der Waals surface area contributed by atoms with Crippen molar-refractivity contribution in [1.29, 1.82) is 0 Å². The number of carbonyl (C=O) groups excluding carboxylic acids is 2. The average molecular weight is 301 g/mol. The van der Waals surface area contributed by atoms with E-state index in [2.05, 4.69) is 0 Å². The highest BCUT2D eigenvalue weighted by Gasteiger charge is 2.65. The van der Waals surface area contributed by atoms with E-state index in [1.165, 1.54) is 4.90 Å². The summed E-state index contributed by atoms with van der Waals surface area (Å²) >= 11 is 0. The smallest absolute Gasteiger partial charge is 0.236 e. The van der Waals surface area contributed by atoms with Gasteiger partial charge in [-0.3, -0.25) is 14.5 Å². The molecule has 1 N–H and O–H groups in total. The van der Waals surface area contributed by atoms with Gasteiger partial charge in [0, 0.05) is 0 Å². The van der Waals surface area contributed by atoms with Crippen LogP contribution >= 0.6 is 0 Å². The summed E-state index contributed by atoms with van der Waals surface area (Å²) in [5.41, 5.74) is -0.244. The number of aliphatic hydroxyl groups excluding tert-OH is 1. The topological polar surface area (TPSA) is 66.8 Å². The molecule has 1 aromatic rings. The monoisotopic (exact) mass is 301 g/mol. The quantitative estimate of drug-likeness (QED) is 0.848. The predicted octanol–water partition coefficient (Wildman–Crippen LogP) is 1.06. The molecule has 4 rings (SSSR count). The van der Waals surface area contributed by atoms with Crippen molar-refractivity contribution in [2.45, 2.75) is 37.5 Å². The highest BCUT2D eigenvalue weighted by molar-refractivity contribution is 6.07. The van der Waals surface area contributed by atoms with Crippen molar-refractivity contribution in [1.82, 2.24) is 4.90 Å². The Hall–Kier alpha value is -1.72. The van der Waals surface area contributed by atoms with E-state index in [1.807, 2.05) is 30.3 Å². The van der Waals surface area contributed by atoms with E-state index >= 15 is 0 Å². The Morgan fingerprint density at radius 2 is 1.68 bits per heavy atom. The van der Waals surface area contributed by atoms with Crippen LogP contribution in [0.15, 0.2) is 30.3 Å². The Kier molecular flexibility index (Phi) is 2.93. The normalized spacial score (nSPS) is 35.8. The number of amides is 2. The number of fused-ring (bicyclic) bond motifs is 5. The van der Waals surface area contributed by atoms with E-state index in [9.17, 15) is 14.7 Å². The van der Waals surface area contributed by atoms with Crippen LogP contribution in [0.2, 0.25) is 0 Å². The maximum Gasteiger partial charge on any atom is 0.236 e. The highest BCUT2D eigenvalue weighted by atomic mass is 16.5. The van der Waals surface area contributed by atoms with Crippen molar-refractivity contribution >= 4 is 11.8 Å². The van der Waals surface area contributed by atoms with Crippen LogP contribution in [0.5, 0.6) is 0 Å². The molecule has 2 unspecified atom stereocenters. The van der Waals surface area contributed by atoms with Crippen LogP contribution < -0.4 is 0 Å². The lowest BCUT2D eigenvalue weighted by molar-refractivity contribution is -0.152. The van der Waals surface area contributed by atoms with E-state index in [0.29, 0.717) is 0 Å². The molecule has 3 fully saturated rings. The lowest BCUT2D eigenvalue weighted by Gasteiger charge is -2.37. The molecule has 5 atom stereocenters. The maximum atomic E-state index is 12.9. The molecule has 0 aliphatic carbocycles. The van der Waals surface area contributed by atoms with Gasteiger partial charge in [-0.15, -0.1) is 0 Å². The fourth-order valence-electron chi connectivity index (χ4n) is 4.29. The first kappa shape index (κ1) is 13.9. The van der Waals surface area contributed by atoms with Gasteiger partial charge < -0.3 is 9.84 Å². The minimum absolute atomic E-state index is 0.129. The number of rotatable bonds is 3. The summed E-state index contributed by atoms with van der Waals surface area (Å²) in [5, 5.41) is 9.97. The third kappa shape index (κ3) is 1.61. The van der Waals surface area contributed by atoms with Gasteiger partial charge in [0.25, 0.3) is 0 Å². The molecule has 5 nitrogen and oxygen atoms in total. The van der Waals surface area contributed by atoms with Crippen LogP contribution in [-0.2, 0) is 19.9 Å². The fourth-order valence-corrected chi connectivity index (χ4v) is 4.29. The van der Waals surface area contributed by atoms with Crippen molar-refractivity contribution in [3.05, 3.63) is 35.9 Å². The molecule has 3 aliphatic heterocycles. The van der Waals surface area contributed by atoms with Gasteiger partial charge in [-0.1, -0.05) is 30.3 Å². The van der Waals surface area contributed by atoms with Crippen molar-refractivity contribution in [3.63, 3.8) is 0 Å². The number of carbonyl (C=O) groups is 2. The largest absolute Gasteiger partial charge is 0.394 e. The summed E-state index contributed by atoms with van der Waals surface area (Å²) in [6, 6.07) is 9.26. The lowest BCUT2D eigenvalue weighted by Crippen LogP contribution is -2.51. The molecule has 22 heavy (non-hydrogen) atoms. The van der Waals surface area contributed by atoms with E-state index in [4.69, 9.17) is 4.74 Å². The van der Waals surface area contributed by atoms with E-state index in [0.717, 1.165) is 18.4 Å². The zero-order valence-corrected chi connectivity index (χ0v) is 12.4. The number of nitrogens with zero attached hydrogens (tertiary/aromatic N) is 1. The van der Waals surface area contributed by atoms with Crippen LogP contribution in [0.4, 0.5) is 0 Å². The van der Waals surface area contributed by atoms with Crippen molar-refractivity contribution < 1.29 is 19.4 Å². The summed E-state index contributed by atoms with van der Waals surface area (Å²) in [6.45, 7) is 1.46. The number of benzene rings is 1. The second-order valence-electron chi connectivity index (χ2n) is 6.65. The van der Waals surface area contributed by atoms with Crippen LogP contribution in [0, 0.1) is 11.8 Å². The third-order valence-electron chi connectivity index (χ3n) is 5.48. The Bertz CT molecular complexity index is 603. The van der Waals surface area contributed by atoms with Crippen molar-refractivity contribution in [3.8, 4) is 0 Å². The maximum absolute atomic E-state index is 12.9.